The molecule has 0 radical (unpaired) electrons. The van der Waals surface area contributed by atoms with Crippen molar-refractivity contribution in [2.24, 2.45) is 0 Å². The number of fused-ring (bicyclic) bond motifs is 1. The molecular formula is C11H12N6S. The average Bonchev–Trinajstić information content (AvgIpc) is 2.97. The summed E-state index contributed by atoms with van der Waals surface area (Å²) in [5, 5.41) is 6.41. The number of H-pyrrole nitrogens is 1. The van der Waals surface area contributed by atoms with Crippen LogP contribution in [0.15, 0.2) is 18.0 Å². The molecule has 0 saturated heterocycles. The summed E-state index contributed by atoms with van der Waals surface area (Å²) in [5.74, 6) is 0.748. The van der Waals surface area contributed by atoms with Gasteiger partial charge in [-0.25, -0.2) is 19.9 Å². The van der Waals surface area contributed by atoms with Crippen molar-refractivity contribution in [1.82, 2.24) is 24.9 Å². The molecule has 0 aromatic carbocycles. The van der Waals surface area contributed by atoms with E-state index >= 15 is 0 Å². The molecule has 3 aromatic heterocycles. The summed E-state index contributed by atoms with van der Waals surface area (Å²) >= 11 is 1.64. The van der Waals surface area contributed by atoms with E-state index in [1.54, 1.807) is 17.7 Å². The molecule has 0 fully saturated rings. The van der Waals surface area contributed by atoms with Crippen molar-refractivity contribution < 1.29 is 0 Å². The van der Waals surface area contributed by atoms with E-state index in [1.807, 2.05) is 12.3 Å². The fourth-order valence-corrected chi connectivity index (χ4v) is 2.52. The minimum atomic E-state index is 0.102. The lowest BCUT2D eigenvalue weighted by molar-refractivity contribution is 0.856. The standard InChI is InChI=1S/C11H12N6S/c1-6-3-18-11(16-6)7(2)17-10-8-9(13-4-12-8)14-5-15-10/h3-5,7H,1-2H3,(H2,12,13,14,15,17)/t7-/m0/s1. The summed E-state index contributed by atoms with van der Waals surface area (Å²) in [6, 6.07) is 0.102. The lowest BCUT2D eigenvalue weighted by Crippen LogP contribution is -2.08. The molecule has 0 amide bonds. The van der Waals surface area contributed by atoms with Crippen LogP contribution in [0.5, 0.6) is 0 Å². The van der Waals surface area contributed by atoms with Gasteiger partial charge in [0.1, 0.15) is 16.9 Å². The van der Waals surface area contributed by atoms with Crippen LogP contribution in [0, 0.1) is 6.92 Å². The van der Waals surface area contributed by atoms with E-state index < -0.39 is 0 Å². The Morgan fingerprint density at radius 2 is 2.22 bits per heavy atom. The van der Waals surface area contributed by atoms with Gasteiger partial charge in [-0.3, -0.25) is 0 Å². The normalized spacial score (nSPS) is 12.8. The molecule has 3 aromatic rings. The summed E-state index contributed by atoms with van der Waals surface area (Å²) in [4.78, 5) is 19.9. The maximum absolute atomic E-state index is 4.46. The van der Waals surface area contributed by atoms with Gasteiger partial charge in [-0.2, -0.15) is 0 Å². The van der Waals surface area contributed by atoms with Gasteiger partial charge < -0.3 is 10.3 Å². The first kappa shape index (κ1) is 11.1. The predicted octanol–water partition coefficient (Wildman–Crippen LogP) is 2.29. The zero-order valence-electron chi connectivity index (χ0n) is 10.0. The van der Waals surface area contributed by atoms with Crippen LogP contribution < -0.4 is 5.32 Å². The summed E-state index contributed by atoms with van der Waals surface area (Å²) < 4.78 is 0. The van der Waals surface area contributed by atoms with Crippen LogP contribution in [-0.2, 0) is 0 Å². The first-order valence-corrected chi connectivity index (χ1v) is 6.44. The Morgan fingerprint density at radius 3 is 3.00 bits per heavy atom. The molecule has 2 N–H and O–H groups in total. The molecular weight excluding hydrogens is 248 g/mol. The van der Waals surface area contributed by atoms with Crippen LogP contribution in [0.3, 0.4) is 0 Å². The fraction of sp³-hybridized carbons (Fsp3) is 0.273. The van der Waals surface area contributed by atoms with Crippen molar-refractivity contribution >= 4 is 28.3 Å². The van der Waals surface area contributed by atoms with E-state index in [-0.39, 0.29) is 6.04 Å². The van der Waals surface area contributed by atoms with Gasteiger partial charge in [-0.15, -0.1) is 11.3 Å². The van der Waals surface area contributed by atoms with Crippen molar-refractivity contribution in [3.63, 3.8) is 0 Å². The molecule has 0 aliphatic rings. The van der Waals surface area contributed by atoms with E-state index in [9.17, 15) is 0 Å². The lowest BCUT2D eigenvalue weighted by Gasteiger charge is -2.11. The zero-order chi connectivity index (χ0) is 12.5. The number of thiazole rings is 1. The Kier molecular flexibility index (Phi) is 2.67. The number of nitrogens with zero attached hydrogens (tertiary/aromatic N) is 4. The molecule has 6 nitrogen and oxygen atoms in total. The number of hydrogen-bond donors (Lipinski definition) is 2. The molecule has 0 unspecified atom stereocenters. The molecule has 0 spiro atoms. The fourth-order valence-electron chi connectivity index (χ4n) is 1.71. The van der Waals surface area contributed by atoms with Gasteiger partial charge in [-0.05, 0) is 13.8 Å². The second kappa shape index (κ2) is 4.34. The predicted molar refractivity (Wildman–Crippen MR) is 70.6 cm³/mol. The Bertz CT molecular complexity index is 673. The molecule has 92 valence electrons. The number of anilines is 1. The van der Waals surface area contributed by atoms with E-state index in [2.05, 4.69) is 37.2 Å². The topological polar surface area (TPSA) is 79.4 Å². The third-order valence-corrected chi connectivity index (χ3v) is 3.73. The quantitative estimate of drug-likeness (QED) is 0.755. The number of aromatic amines is 1. The SMILES string of the molecule is Cc1csc([C@H](C)Nc2ncnc3nc[nH]c23)n1. The van der Waals surface area contributed by atoms with Gasteiger partial charge in [0, 0.05) is 11.1 Å². The first-order chi connectivity index (χ1) is 8.74. The molecule has 0 aliphatic heterocycles. The van der Waals surface area contributed by atoms with Gasteiger partial charge in [0.05, 0.1) is 12.4 Å². The van der Waals surface area contributed by atoms with Gasteiger partial charge in [-0.1, -0.05) is 0 Å². The van der Waals surface area contributed by atoms with Crippen LogP contribution in [-0.4, -0.2) is 24.9 Å². The highest BCUT2D eigenvalue weighted by atomic mass is 32.1. The summed E-state index contributed by atoms with van der Waals surface area (Å²) in [6.07, 6.45) is 3.12. The highest BCUT2D eigenvalue weighted by molar-refractivity contribution is 7.09. The maximum atomic E-state index is 4.46. The number of nitrogens with one attached hydrogen (secondary N) is 2. The highest BCUT2D eigenvalue weighted by Crippen LogP contribution is 2.23. The number of imidazole rings is 1. The number of aryl methyl sites for hydroxylation is 1. The molecule has 3 rings (SSSR count). The second-order valence-corrected chi connectivity index (χ2v) is 4.91. The third-order valence-electron chi connectivity index (χ3n) is 2.58. The van der Waals surface area contributed by atoms with Crippen molar-refractivity contribution in [3.05, 3.63) is 28.7 Å². The van der Waals surface area contributed by atoms with Crippen LogP contribution in [0.1, 0.15) is 23.7 Å². The number of aromatic nitrogens is 5. The minimum absolute atomic E-state index is 0.102. The largest absolute Gasteiger partial charge is 0.359 e. The minimum Gasteiger partial charge on any atom is -0.359 e. The van der Waals surface area contributed by atoms with Crippen LogP contribution >= 0.6 is 11.3 Å². The monoisotopic (exact) mass is 260 g/mol. The summed E-state index contributed by atoms with van der Waals surface area (Å²) in [6.45, 7) is 4.05. The van der Waals surface area contributed by atoms with Crippen LogP contribution in [0.2, 0.25) is 0 Å². The number of rotatable bonds is 3. The first-order valence-electron chi connectivity index (χ1n) is 5.56. The second-order valence-electron chi connectivity index (χ2n) is 4.02. The Hall–Kier alpha value is -2.02. The molecule has 0 aliphatic carbocycles. The van der Waals surface area contributed by atoms with E-state index in [1.165, 1.54) is 6.33 Å². The Morgan fingerprint density at radius 1 is 1.33 bits per heavy atom. The maximum Gasteiger partial charge on any atom is 0.182 e. The zero-order valence-corrected chi connectivity index (χ0v) is 10.8. The Balaban J connectivity index is 1.90. The lowest BCUT2D eigenvalue weighted by atomic mass is 10.3. The number of hydrogen-bond acceptors (Lipinski definition) is 6. The summed E-state index contributed by atoms with van der Waals surface area (Å²) in [7, 11) is 0. The molecule has 0 bridgehead atoms. The van der Waals surface area contributed by atoms with E-state index in [4.69, 9.17) is 0 Å². The third kappa shape index (κ3) is 1.92. The van der Waals surface area contributed by atoms with Crippen molar-refractivity contribution in [2.75, 3.05) is 5.32 Å². The van der Waals surface area contributed by atoms with Gasteiger partial charge in [0.15, 0.2) is 11.5 Å². The molecule has 7 heteroatoms. The van der Waals surface area contributed by atoms with Crippen LogP contribution in [0.4, 0.5) is 5.82 Å². The van der Waals surface area contributed by atoms with Crippen molar-refractivity contribution in [2.45, 2.75) is 19.9 Å². The molecule has 1 atom stereocenters. The van der Waals surface area contributed by atoms with E-state index in [0.29, 0.717) is 5.65 Å². The van der Waals surface area contributed by atoms with Crippen LogP contribution in [0.25, 0.3) is 11.2 Å². The average molecular weight is 260 g/mol. The van der Waals surface area contributed by atoms with E-state index in [0.717, 1.165) is 22.0 Å². The van der Waals surface area contributed by atoms with Crippen molar-refractivity contribution in [1.29, 1.82) is 0 Å². The van der Waals surface area contributed by atoms with Gasteiger partial charge >= 0.3 is 0 Å². The highest BCUT2D eigenvalue weighted by Gasteiger charge is 2.12. The van der Waals surface area contributed by atoms with Gasteiger partial charge in [0.2, 0.25) is 0 Å². The Labute approximate surface area is 108 Å². The molecule has 18 heavy (non-hydrogen) atoms. The molecule has 0 saturated carbocycles. The smallest absolute Gasteiger partial charge is 0.182 e. The van der Waals surface area contributed by atoms with Crippen molar-refractivity contribution in [3.8, 4) is 0 Å². The summed E-state index contributed by atoms with van der Waals surface area (Å²) in [5.41, 5.74) is 2.52. The molecule has 3 heterocycles. The van der Waals surface area contributed by atoms with Gasteiger partial charge in [0.25, 0.3) is 0 Å².